The molecule has 3 N–H and O–H groups in total. The molecule has 23 heavy (non-hydrogen) atoms. The molecular formula is C17H17N3O3. The molecule has 0 aliphatic carbocycles. The summed E-state index contributed by atoms with van der Waals surface area (Å²) in [5, 5.41) is 18.0. The molecule has 2 amide bonds. The van der Waals surface area contributed by atoms with E-state index in [0.29, 0.717) is 12.1 Å². The standard InChI is InChI=1S/C17H17N3O3/c1-2-9-18-16(22)10-17(23)20-19-11-14-13-6-4-3-5-12(13)7-8-15(14)21/h2-8,11,21H,1,9-10H2,(H,18,22)(H,20,23)/b19-11+. The molecule has 0 radical (unpaired) electrons. The van der Waals surface area contributed by atoms with Gasteiger partial charge in [-0.2, -0.15) is 5.10 Å². The molecule has 2 aromatic rings. The van der Waals surface area contributed by atoms with E-state index in [1.807, 2.05) is 24.3 Å². The smallest absolute Gasteiger partial charge is 0.249 e. The number of fused-ring (bicyclic) bond motifs is 1. The molecule has 2 rings (SSSR count). The summed E-state index contributed by atoms with van der Waals surface area (Å²) in [7, 11) is 0. The highest BCUT2D eigenvalue weighted by atomic mass is 16.3. The van der Waals surface area contributed by atoms with Crippen molar-refractivity contribution in [3.05, 3.63) is 54.6 Å². The maximum atomic E-state index is 11.6. The van der Waals surface area contributed by atoms with Crippen molar-refractivity contribution in [1.29, 1.82) is 0 Å². The summed E-state index contributed by atoms with van der Waals surface area (Å²) >= 11 is 0. The van der Waals surface area contributed by atoms with Crippen LogP contribution in [-0.2, 0) is 9.59 Å². The molecule has 6 nitrogen and oxygen atoms in total. The third kappa shape index (κ3) is 4.41. The van der Waals surface area contributed by atoms with Crippen molar-refractivity contribution in [2.75, 3.05) is 6.54 Å². The Balaban J connectivity index is 2.03. The van der Waals surface area contributed by atoms with Gasteiger partial charge in [0.2, 0.25) is 11.8 Å². The highest BCUT2D eigenvalue weighted by molar-refractivity contribution is 6.03. The first kappa shape index (κ1) is 16.2. The summed E-state index contributed by atoms with van der Waals surface area (Å²) in [5.74, 6) is -0.890. The molecule has 0 bridgehead atoms. The normalized spacial score (nSPS) is 10.6. The first-order valence-electron chi connectivity index (χ1n) is 7.02. The van der Waals surface area contributed by atoms with Crippen LogP contribution >= 0.6 is 0 Å². The Morgan fingerprint density at radius 2 is 1.96 bits per heavy atom. The van der Waals surface area contributed by atoms with Gasteiger partial charge in [-0.25, -0.2) is 5.43 Å². The fourth-order valence-corrected chi connectivity index (χ4v) is 2.02. The number of rotatable bonds is 6. The van der Waals surface area contributed by atoms with Crippen molar-refractivity contribution in [2.45, 2.75) is 6.42 Å². The van der Waals surface area contributed by atoms with Gasteiger partial charge in [-0.3, -0.25) is 9.59 Å². The molecule has 2 aromatic carbocycles. The number of aromatic hydroxyl groups is 1. The van der Waals surface area contributed by atoms with Crippen LogP contribution in [0.4, 0.5) is 0 Å². The highest BCUT2D eigenvalue weighted by Crippen LogP contribution is 2.25. The molecule has 118 valence electrons. The minimum Gasteiger partial charge on any atom is -0.507 e. The molecule has 0 saturated carbocycles. The third-order valence-corrected chi connectivity index (χ3v) is 3.10. The van der Waals surface area contributed by atoms with E-state index in [4.69, 9.17) is 0 Å². The van der Waals surface area contributed by atoms with Crippen LogP contribution in [0.2, 0.25) is 0 Å². The summed E-state index contributed by atoms with van der Waals surface area (Å²) in [5.41, 5.74) is 2.76. The lowest BCUT2D eigenvalue weighted by atomic mass is 10.0. The number of amides is 2. The Bertz CT molecular complexity index is 769. The fraction of sp³-hybridized carbons (Fsp3) is 0.118. The maximum absolute atomic E-state index is 11.6. The number of carbonyl (C=O) groups is 2. The van der Waals surface area contributed by atoms with Gasteiger partial charge in [0.15, 0.2) is 0 Å². The van der Waals surface area contributed by atoms with Crippen LogP contribution in [0.25, 0.3) is 10.8 Å². The Morgan fingerprint density at radius 1 is 1.17 bits per heavy atom. The zero-order valence-corrected chi connectivity index (χ0v) is 12.5. The van der Waals surface area contributed by atoms with Gasteiger partial charge in [-0.1, -0.05) is 36.4 Å². The molecule has 0 fully saturated rings. The van der Waals surface area contributed by atoms with Crippen LogP contribution in [0.1, 0.15) is 12.0 Å². The van der Waals surface area contributed by atoms with Crippen molar-refractivity contribution in [3.63, 3.8) is 0 Å². The maximum Gasteiger partial charge on any atom is 0.249 e. The number of phenolic OH excluding ortho intramolecular Hbond substituents is 1. The molecule has 6 heteroatoms. The number of hydrazone groups is 1. The van der Waals surface area contributed by atoms with E-state index >= 15 is 0 Å². The molecule has 0 heterocycles. The average molecular weight is 311 g/mol. The SMILES string of the molecule is C=CCNC(=O)CC(=O)N/N=C/c1c(O)ccc2ccccc12. The number of nitrogens with one attached hydrogen (secondary N) is 2. The van der Waals surface area contributed by atoms with E-state index in [9.17, 15) is 14.7 Å². The van der Waals surface area contributed by atoms with Crippen molar-refractivity contribution in [1.82, 2.24) is 10.7 Å². The molecule has 0 unspecified atom stereocenters. The summed E-state index contributed by atoms with van der Waals surface area (Å²) in [6, 6.07) is 10.9. The molecule has 0 atom stereocenters. The van der Waals surface area contributed by atoms with E-state index in [0.717, 1.165) is 10.8 Å². The monoisotopic (exact) mass is 311 g/mol. The fourth-order valence-electron chi connectivity index (χ4n) is 2.02. The number of carbonyl (C=O) groups excluding carboxylic acids is 2. The lowest BCUT2D eigenvalue weighted by Gasteiger charge is -2.05. The van der Waals surface area contributed by atoms with Crippen molar-refractivity contribution < 1.29 is 14.7 Å². The van der Waals surface area contributed by atoms with Crippen molar-refractivity contribution in [2.24, 2.45) is 5.10 Å². The lowest BCUT2D eigenvalue weighted by Crippen LogP contribution is -2.29. The Kier molecular flexibility index (Phi) is 5.46. The Labute approximate surface area is 133 Å². The van der Waals surface area contributed by atoms with Gasteiger partial charge >= 0.3 is 0 Å². The quantitative estimate of drug-likeness (QED) is 0.328. The Hall–Kier alpha value is -3.15. The van der Waals surface area contributed by atoms with E-state index < -0.39 is 11.8 Å². The first-order valence-corrected chi connectivity index (χ1v) is 7.02. The zero-order valence-electron chi connectivity index (χ0n) is 12.5. The van der Waals surface area contributed by atoms with E-state index in [1.165, 1.54) is 12.3 Å². The van der Waals surface area contributed by atoms with Gasteiger partial charge in [0.1, 0.15) is 12.2 Å². The van der Waals surface area contributed by atoms with E-state index in [2.05, 4.69) is 22.4 Å². The number of hydrogen-bond acceptors (Lipinski definition) is 4. The Morgan fingerprint density at radius 3 is 2.74 bits per heavy atom. The summed E-state index contributed by atoms with van der Waals surface area (Å²) in [4.78, 5) is 22.9. The van der Waals surface area contributed by atoms with Crippen LogP contribution in [0, 0.1) is 0 Å². The molecule has 0 spiro atoms. The summed E-state index contributed by atoms with van der Waals surface area (Å²) in [6.07, 6.45) is 2.56. The first-order chi connectivity index (χ1) is 11.1. The predicted molar refractivity (Wildman–Crippen MR) is 89.2 cm³/mol. The van der Waals surface area contributed by atoms with Gasteiger partial charge < -0.3 is 10.4 Å². The van der Waals surface area contributed by atoms with Crippen molar-refractivity contribution >= 4 is 28.8 Å². The number of hydrogen-bond donors (Lipinski definition) is 3. The second-order valence-electron chi connectivity index (χ2n) is 4.78. The van der Waals surface area contributed by atoms with Gasteiger partial charge in [-0.05, 0) is 16.8 Å². The van der Waals surface area contributed by atoms with E-state index in [-0.39, 0.29) is 12.2 Å². The van der Waals surface area contributed by atoms with Crippen LogP contribution in [0.5, 0.6) is 5.75 Å². The third-order valence-electron chi connectivity index (χ3n) is 3.10. The number of phenols is 1. The number of nitrogens with zero attached hydrogens (tertiary/aromatic N) is 1. The minimum absolute atomic E-state index is 0.0606. The van der Waals surface area contributed by atoms with Crippen LogP contribution < -0.4 is 10.7 Å². The molecule has 0 saturated heterocycles. The van der Waals surface area contributed by atoms with Gasteiger partial charge in [-0.15, -0.1) is 6.58 Å². The molecule has 0 aromatic heterocycles. The summed E-state index contributed by atoms with van der Waals surface area (Å²) in [6.45, 7) is 3.77. The molecule has 0 aliphatic rings. The second kappa shape index (κ2) is 7.74. The van der Waals surface area contributed by atoms with Crippen LogP contribution in [0.15, 0.2) is 54.2 Å². The van der Waals surface area contributed by atoms with E-state index in [1.54, 1.807) is 12.1 Å². The van der Waals surface area contributed by atoms with Gasteiger partial charge in [0.05, 0.1) is 6.21 Å². The summed E-state index contributed by atoms with van der Waals surface area (Å²) < 4.78 is 0. The minimum atomic E-state index is -0.539. The molecule has 0 aliphatic heterocycles. The van der Waals surface area contributed by atoms with Crippen LogP contribution in [-0.4, -0.2) is 29.7 Å². The average Bonchev–Trinajstić information content (AvgIpc) is 2.55. The largest absolute Gasteiger partial charge is 0.507 e. The lowest BCUT2D eigenvalue weighted by molar-refractivity contribution is -0.129. The number of benzene rings is 2. The predicted octanol–water partition coefficient (Wildman–Crippen LogP) is 1.69. The highest BCUT2D eigenvalue weighted by Gasteiger charge is 2.08. The second-order valence-corrected chi connectivity index (χ2v) is 4.78. The van der Waals surface area contributed by atoms with Gasteiger partial charge in [0.25, 0.3) is 0 Å². The van der Waals surface area contributed by atoms with Gasteiger partial charge in [0, 0.05) is 12.1 Å². The molecular weight excluding hydrogens is 294 g/mol. The topological polar surface area (TPSA) is 90.8 Å². The van der Waals surface area contributed by atoms with Crippen molar-refractivity contribution in [3.8, 4) is 5.75 Å². The van der Waals surface area contributed by atoms with Crippen LogP contribution in [0.3, 0.4) is 0 Å². The zero-order chi connectivity index (χ0) is 16.7.